The second kappa shape index (κ2) is 8.75. The van der Waals surface area contributed by atoms with E-state index in [4.69, 9.17) is 9.97 Å². The molecule has 0 N–H and O–H groups in total. The number of hydrogen-bond donors (Lipinski definition) is 0. The summed E-state index contributed by atoms with van der Waals surface area (Å²) in [6.07, 6.45) is 22.9. The SMILES string of the molecule is C1=CC2C3c4c(ccc5sc6ccccc6c45)N(C4=CC=C(c5nc(-c6ccccc6)nc6c5=CCCC=6)CC4)C23C=C1. The first-order valence-electron chi connectivity index (χ1n) is 15.5. The molecular formula is C39H29N3S. The Bertz CT molecular complexity index is 2270. The number of thiophene rings is 1. The topological polar surface area (TPSA) is 29.0 Å². The first kappa shape index (κ1) is 24.0. The summed E-state index contributed by atoms with van der Waals surface area (Å²) in [7, 11) is 0. The van der Waals surface area contributed by atoms with Crippen LogP contribution in [0.15, 0.2) is 109 Å². The Morgan fingerprint density at radius 2 is 1.70 bits per heavy atom. The number of fused-ring (bicyclic) bond motifs is 8. The van der Waals surface area contributed by atoms with Crippen LogP contribution in [0.2, 0.25) is 0 Å². The number of benzene rings is 3. The maximum absolute atomic E-state index is 5.19. The van der Waals surface area contributed by atoms with E-state index in [-0.39, 0.29) is 5.54 Å². The molecule has 5 aliphatic rings. The van der Waals surface area contributed by atoms with Crippen molar-refractivity contribution in [1.29, 1.82) is 0 Å². The molecule has 3 heterocycles. The Kier molecular flexibility index (Phi) is 4.87. The Hall–Kier alpha value is -4.54. The molecule has 0 saturated heterocycles. The second-order valence-electron chi connectivity index (χ2n) is 12.3. The average Bonchev–Trinajstić information content (AvgIpc) is 3.44. The quantitative estimate of drug-likeness (QED) is 0.220. The van der Waals surface area contributed by atoms with Gasteiger partial charge in [-0.2, -0.15) is 0 Å². The molecule has 3 aromatic carbocycles. The van der Waals surface area contributed by atoms with E-state index < -0.39 is 0 Å². The average molecular weight is 572 g/mol. The summed E-state index contributed by atoms with van der Waals surface area (Å²) in [6.45, 7) is 0. The van der Waals surface area contributed by atoms with E-state index in [1.54, 1.807) is 5.56 Å². The highest BCUT2D eigenvalue weighted by atomic mass is 32.1. The van der Waals surface area contributed by atoms with Crippen LogP contribution in [0.25, 0.3) is 49.3 Å². The van der Waals surface area contributed by atoms with Crippen molar-refractivity contribution in [3.63, 3.8) is 0 Å². The number of aromatic nitrogens is 2. The van der Waals surface area contributed by atoms with Crippen molar-refractivity contribution in [2.75, 3.05) is 4.90 Å². The minimum absolute atomic E-state index is 0.0167. The van der Waals surface area contributed by atoms with E-state index in [0.717, 1.165) is 48.1 Å². The first-order chi connectivity index (χ1) is 21.3. The minimum Gasteiger partial charge on any atom is -0.334 e. The highest BCUT2D eigenvalue weighted by molar-refractivity contribution is 7.25. The third-order valence-corrected chi connectivity index (χ3v) is 11.3. The number of rotatable bonds is 3. The second-order valence-corrected chi connectivity index (χ2v) is 13.4. The summed E-state index contributed by atoms with van der Waals surface area (Å²) >= 11 is 1.93. The van der Waals surface area contributed by atoms with Gasteiger partial charge in [0.1, 0.15) is 0 Å². The van der Waals surface area contributed by atoms with E-state index in [1.807, 2.05) is 17.4 Å². The van der Waals surface area contributed by atoms with Crippen LogP contribution in [-0.2, 0) is 0 Å². The Morgan fingerprint density at radius 3 is 2.60 bits per heavy atom. The van der Waals surface area contributed by atoms with Crippen LogP contribution in [0.3, 0.4) is 0 Å². The number of hydrogen-bond acceptors (Lipinski definition) is 4. The van der Waals surface area contributed by atoms with Crippen molar-refractivity contribution in [1.82, 2.24) is 9.97 Å². The van der Waals surface area contributed by atoms with Gasteiger partial charge in [-0.15, -0.1) is 11.3 Å². The van der Waals surface area contributed by atoms with Crippen LogP contribution in [-0.4, -0.2) is 15.5 Å². The molecule has 1 saturated carbocycles. The number of anilines is 1. The molecule has 2 aromatic heterocycles. The first-order valence-corrected chi connectivity index (χ1v) is 16.3. The van der Waals surface area contributed by atoms with Gasteiger partial charge >= 0.3 is 0 Å². The molecule has 0 bridgehead atoms. The van der Waals surface area contributed by atoms with Crippen LogP contribution in [0.5, 0.6) is 0 Å². The standard InChI is InChI=1S/C39H29N3S/c1-2-10-25(11-3-1)38-40-30-15-6-4-12-27(30)37(41-38)24-17-19-26(20-18-24)42-31-21-22-33-34(28-13-5-7-16-32(28)43-33)35(31)36-29-14-8-9-23-39(29,36)42/h1-3,5,7-17,19,21-23,29,36H,4,6,18,20H2. The lowest BCUT2D eigenvalue weighted by Crippen LogP contribution is -2.37. The smallest absolute Gasteiger partial charge is 0.160 e. The van der Waals surface area contributed by atoms with E-state index in [9.17, 15) is 0 Å². The number of allylic oxidation sites excluding steroid dienone is 6. The summed E-state index contributed by atoms with van der Waals surface area (Å²) < 4.78 is 2.79. The van der Waals surface area contributed by atoms with Gasteiger partial charge in [-0.05, 0) is 61.1 Å². The molecule has 4 heteroatoms. The normalized spacial score (nSPS) is 24.4. The fourth-order valence-corrected chi connectivity index (χ4v) is 9.41. The highest BCUT2D eigenvalue weighted by Gasteiger charge is 2.72. The molecule has 3 nitrogen and oxygen atoms in total. The molecule has 0 radical (unpaired) electrons. The summed E-state index contributed by atoms with van der Waals surface area (Å²) in [5.74, 6) is 1.84. The van der Waals surface area contributed by atoms with Crippen LogP contribution in [0.4, 0.5) is 5.69 Å². The largest absolute Gasteiger partial charge is 0.334 e. The fraction of sp³-hybridized carbons (Fsp3) is 0.179. The Morgan fingerprint density at radius 1 is 0.814 bits per heavy atom. The molecule has 3 atom stereocenters. The zero-order valence-electron chi connectivity index (χ0n) is 23.7. The van der Waals surface area contributed by atoms with Gasteiger partial charge in [0, 0.05) is 54.2 Å². The summed E-state index contributed by atoms with van der Waals surface area (Å²) in [4.78, 5) is 12.9. The molecular weight excluding hydrogens is 543 g/mol. The predicted octanol–water partition coefficient (Wildman–Crippen LogP) is 8.03. The maximum atomic E-state index is 5.19. The lowest BCUT2D eigenvalue weighted by Gasteiger charge is -2.35. The molecule has 1 aliphatic heterocycles. The zero-order valence-corrected chi connectivity index (χ0v) is 24.5. The van der Waals surface area contributed by atoms with E-state index >= 15 is 0 Å². The third kappa shape index (κ3) is 3.25. The molecule has 43 heavy (non-hydrogen) atoms. The highest BCUT2D eigenvalue weighted by Crippen LogP contribution is 2.73. The summed E-state index contributed by atoms with van der Waals surface area (Å²) in [6, 6.07) is 24.1. The van der Waals surface area contributed by atoms with Gasteiger partial charge in [0.15, 0.2) is 5.82 Å². The van der Waals surface area contributed by atoms with Gasteiger partial charge < -0.3 is 4.90 Å². The number of nitrogens with zero attached hydrogens (tertiary/aromatic N) is 3. The van der Waals surface area contributed by atoms with Gasteiger partial charge in [-0.1, -0.05) is 91.1 Å². The van der Waals surface area contributed by atoms with Crippen LogP contribution in [0, 0.1) is 5.92 Å². The zero-order chi connectivity index (χ0) is 28.1. The van der Waals surface area contributed by atoms with Crippen LogP contribution < -0.4 is 15.5 Å². The van der Waals surface area contributed by atoms with Crippen molar-refractivity contribution >= 4 is 54.9 Å². The predicted molar refractivity (Wildman–Crippen MR) is 179 cm³/mol. The molecule has 1 spiro atoms. The van der Waals surface area contributed by atoms with E-state index in [1.165, 1.54) is 42.3 Å². The molecule has 4 aliphatic carbocycles. The monoisotopic (exact) mass is 571 g/mol. The van der Waals surface area contributed by atoms with Crippen molar-refractivity contribution in [3.8, 4) is 11.4 Å². The van der Waals surface area contributed by atoms with Gasteiger partial charge in [-0.3, -0.25) is 0 Å². The minimum atomic E-state index is 0.0167. The molecule has 5 aromatic rings. The van der Waals surface area contributed by atoms with Gasteiger partial charge in [-0.25, -0.2) is 9.97 Å². The molecule has 10 rings (SSSR count). The van der Waals surface area contributed by atoms with Crippen LogP contribution >= 0.6 is 11.3 Å². The lowest BCUT2D eigenvalue weighted by atomic mass is 9.94. The molecule has 3 unspecified atom stereocenters. The van der Waals surface area contributed by atoms with E-state index in [2.05, 4.69) is 114 Å². The Labute approximate surface area is 254 Å². The van der Waals surface area contributed by atoms with Gasteiger partial charge in [0.25, 0.3) is 0 Å². The lowest BCUT2D eigenvalue weighted by molar-refractivity contribution is 0.702. The molecule has 0 amide bonds. The molecule has 206 valence electrons. The maximum Gasteiger partial charge on any atom is 0.160 e. The van der Waals surface area contributed by atoms with Gasteiger partial charge in [0.05, 0.1) is 16.6 Å². The van der Waals surface area contributed by atoms with Crippen LogP contribution in [0.1, 0.15) is 42.9 Å². The van der Waals surface area contributed by atoms with Crippen molar-refractivity contribution < 1.29 is 0 Å². The molecule has 1 fully saturated rings. The van der Waals surface area contributed by atoms with Crippen molar-refractivity contribution in [2.24, 2.45) is 5.92 Å². The third-order valence-electron chi connectivity index (χ3n) is 10.2. The Balaban J connectivity index is 1.13. The van der Waals surface area contributed by atoms with E-state index in [0.29, 0.717) is 11.8 Å². The van der Waals surface area contributed by atoms with Gasteiger partial charge in [0.2, 0.25) is 0 Å². The van der Waals surface area contributed by atoms with Crippen molar-refractivity contribution in [2.45, 2.75) is 37.1 Å². The summed E-state index contributed by atoms with van der Waals surface area (Å²) in [5, 5.41) is 5.16. The fourth-order valence-electron chi connectivity index (χ4n) is 8.28. The van der Waals surface area contributed by atoms with Crippen molar-refractivity contribution in [3.05, 3.63) is 131 Å². The summed E-state index contributed by atoms with van der Waals surface area (Å²) in [5.41, 5.74) is 7.86.